The van der Waals surface area contributed by atoms with E-state index in [0.717, 1.165) is 52.9 Å². The summed E-state index contributed by atoms with van der Waals surface area (Å²) in [5.41, 5.74) is 7.30. The lowest BCUT2D eigenvalue weighted by Crippen LogP contribution is -2.17. The number of rotatable bonds is 7. The number of halogens is 1. The molecule has 1 amide bonds. The lowest BCUT2D eigenvalue weighted by molar-refractivity contribution is -0.136. The van der Waals surface area contributed by atoms with Crippen molar-refractivity contribution < 1.29 is 24.0 Å². The van der Waals surface area contributed by atoms with Crippen molar-refractivity contribution in [2.75, 3.05) is 17.2 Å². The van der Waals surface area contributed by atoms with Gasteiger partial charge in [0.15, 0.2) is 5.76 Å². The second-order valence-corrected chi connectivity index (χ2v) is 9.89. The van der Waals surface area contributed by atoms with Crippen LogP contribution in [0.15, 0.2) is 65.2 Å². The Morgan fingerprint density at radius 3 is 2.62 bits per heavy atom. The first-order valence-electron chi connectivity index (χ1n) is 12.7. The molecule has 1 aliphatic rings. The molecule has 2 heterocycles. The van der Waals surface area contributed by atoms with Crippen LogP contribution in [0.25, 0.3) is 22.5 Å². The highest BCUT2D eigenvalue weighted by atomic mass is 35.5. The first kappa shape index (κ1) is 26.3. The fraction of sp³-hybridized carbons (Fsp3) is 0.233. The van der Waals surface area contributed by atoms with Crippen LogP contribution in [0.1, 0.15) is 41.8 Å². The van der Waals surface area contributed by atoms with Gasteiger partial charge in [0.25, 0.3) is 0 Å². The van der Waals surface area contributed by atoms with Crippen LogP contribution in [0, 0.1) is 6.92 Å². The highest BCUT2D eigenvalue weighted by Crippen LogP contribution is 2.43. The van der Waals surface area contributed by atoms with Crippen LogP contribution >= 0.6 is 11.6 Å². The molecular weight excluding hydrogens is 518 g/mol. The van der Waals surface area contributed by atoms with Gasteiger partial charge in [-0.3, -0.25) is 10.1 Å². The zero-order chi connectivity index (χ0) is 27.5. The van der Waals surface area contributed by atoms with Gasteiger partial charge in [-0.25, -0.2) is 4.79 Å². The Morgan fingerprint density at radius 1 is 1.13 bits per heavy atom. The molecule has 0 spiro atoms. The molecule has 8 nitrogen and oxygen atoms in total. The Balaban J connectivity index is 1.44. The van der Waals surface area contributed by atoms with Gasteiger partial charge in [0.05, 0.1) is 6.42 Å². The van der Waals surface area contributed by atoms with Crippen molar-refractivity contribution in [3.8, 4) is 22.5 Å². The second kappa shape index (κ2) is 11.2. The standard InChI is InChI=1S/C30H28ClN3O5/c1-17-27(33-30(37)38-18(2)21-6-3-4-8-25(21)31)29(39-34-17)24-14-13-22(23-7-5-15-32-28(23)24)20-11-9-19(10-12-20)16-26(35)36/h3-4,6,8-14,18,32H,5,7,15-16H2,1-2H3,(H,33,37)(H,35,36). The predicted octanol–water partition coefficient (Wildman–Crippen LogP) is 7.27. The number of aromatic nitrogens is 1. The number of fused-ring (bicyclic) bond motifs is 1. The Hall–Kier alpha value is -4.30. The van der Waals surface area contributed by atoms with Gasteiger partial charge in [0.2, 0.25) is 0 Å². The second-order valence-electron chi connectivity index (χ2n) is 9.48. The minimum atomic E-state index is -0.859. The number of hydrogen-bond acceptors (Lipinski definition) is 6. The maximum Gasteiger partial charge on any atom is 0.412 e. The molecular formula is C30H28ClN3O5. The van der Waals surface area contributed by atoms with Crippen molar-refractivity contribution in [3.05, 3.63) is 88.1 Å². The zero-order valence-electron chi connectivity index (χ0n) is 21.6. The van der Waals surface area contributed by atoms with Gasteiger partial charge in [-0.05, 0) is 61.1 Å². The fourth-order valence-corrected chi connectivity index (χ4v) is 5.17. The molecule has 9 heteroatoms. The third-order valence-electron chi connectivity index (χ3n) is 6.80. The molecule has 5 rings (SSSR count). The number of carbonyl (C=O) groups excluding carboxylic acids is 1. The van der Waals surface area contributed by atoms with Gasteiger partial charge in [0.1, 0.15) is 17.5 Å². The number of nitrogens with zero attached hydrogens (tertiary/aromatic N) is 1. The monoisotopic (exact) mass is 545 g/mol. The molecule has 0 bridgehead atoms. The van der Waals surface area contributed by atoms with E-state index < -0.39 is 18.2 Å². The molecule has 1 aliphatic heterocycles. The maximum atomic E-state index is 12.9. The topological polar surface area (TPSA) is 114 Å². The number of amides is 1. The number of hydrogen-bond donors (Lipinski definition) is 3. The van der Waals surface area contributed by atoms with Crippen LogP contribution in [0.4, 0.5) is 16.2 Å². The SMILES string of the molecule is Cc1noc(-c2ccc(-c3ccc(CC(=O)O)cc3)c3c2NCCC3)c1NC(=O)OC(C)c1ccccc1Cl. The normalized spacial score (nSPS) is 13.2. The van der Waals surface area contributed by atoms with E-state index in [-0.39, 0.29) is 6.42 Å². The Kier molecular flexibility index (Phi) is 7.56. The maximum absolute atomic E-state index is 12.9. The lowest BCUT2D eigenvalue weighted by Gasteiger charge is -2.24. The van der Waals surface area contributed by atoms with E-state index in [1.165, 1.54) is 0 Å². The van der Waals surface area contributed by atoms with Crippen LogP contribution in [0.3, 0.4) is 0 Å². The van der Waals surface area contributed by atoms with Crippen LogP contribution in [-0.4, -0.2) is 28.9 Å². The summed E-state index contributed by atoms with van der Waals surface area (Å²) in [5, 5.41) is 20.0. The van der Waals surface area contributed by atoms with Gasteiger partial charge in [-0.1, -0.05) is 65.3 Å². The average Bonchev–Trinajstić information content (AvgIpc) is 3.27. The molecule has 1 atom stereocenters. The average molecular weight is 546 g/mol. The number of carboxylic acid groups (broad SMARTS) is 1. The van der Waals surface area contributed by atoms with E-state index in [2.05, 4.69) is 15.8 Å². The number of carbonyl (C=O) groups is 2. The van der Waals surface area contributed by atoms with E-state index >= 15 is 0 Å². The first-order chi connectivity index (χ1) is 18.8. The van der Waals surface area contributed by atoms with E-state index in [1.54, 1.807) is 19.9 Å². The summed E-state index contributed by atoms with van der Waals surface area (Å²) < 4.78 is 11.3. The van der Waals surface area contributed by atoms with E-state index in [1.807, 2.05) is 54.6 Å². The fourth-order valence-electron chi connectivity index (χ4n) is 4.89. The van der Waals surface area contributed by atoms with E-state index in [0.29, 0.717) is 27.7 Å². The molecule has 3 aromatic carbocycles. The molecule has 0 radical (unpaired) electrons. The van der Waals surface area contributed by atoms with Crippen LogP contribution in [-0.2, 0) is 22.4 Å². The molecule has 0 saturated heterocycles. The summed E-state index contributed by atoms with van der Waals surface area (Å²) in [5.74, 6) is -0.425. The molecule has 1 unspecified atom stereocenters. The van der Waals surface area contributed by atoms with Crippen LogP contribution < -0.4 is 10.6 Å². The largest absolute Gasteiger partial charge is 0.481 e. The van der Waals surface area contributed by atoms with Crippen molar-refractivity contribution in [1.29, 1.82) is 0 Å². The lowest BCUT2D eigenvalue weighted by atomic mass is 9.89. The van der Waals surface area contributed by atoms with E-state index in [9.17, 15) is 9.59 Å². The van der Waals surface area contributed by atoms with Crippen molar-refractivity contribution in [1.82, 2.24) is 5.16 Å². The number of aryl methyl sites for hydroxylation is 1. The summed E-state index contributed by atoms with van der Waals surface area (Å²) in [6.45, 7) is 4.32. The van der Waals surface area contributed by atoms with Crippen molar-refractivity contribution >= 4 is 35.0 Å². The summed E-state index contributed by atoms with van der Waals surface area (Å²) in [4.78, 5) is 23.9. The Bertz CT molecular complexity index is 1530. The molecule has 200 valence electrons. The molecule has 39 heavy (non-hydrogen) atoms. The van der Waals surface area contributed by atoms with Crippen LogP contribution in [0.5, 0.6) is 0 Å². The third kappa shape index (κ3) is 5.61. The molecule has 0 saturated carbocycles. The summed E-state index contributed by atoms with van der Waals surface area (Å²) in [7, 11) is 0. The summed E-state index contributed by atoms with van der Waals surface area (Å²) in [6.07, 6.45) is 0.607. The third-order valence-corrected chi connectivity index (χ3v) is 7.14. The minimum absolute atomic E-state index is 0.0148. The van der Waals surface area contributed by atoms with Gasteiger partial charge >= 0.3 is 12.1 Å². The number of aliphatic carboxylic acids is 1. The van der Waals surface area contributed by atoms with E-state index in [4.69, 9.17) is 26.0 Å². The molecule has 0 fully saturated rings. The summed E-state index contributed by atoms with van der Waals surface area (Å²) in [6, 6.07) is 18.8. The molecule has 1 aromatic heterocycles. The number of nitrogens with one attached hydrogen (secondary N) is 2. The molecule has 3 N–H and O–H groups in total. The smallest absolute Gasteiger partial charge is 0.412 e. The van der Waals surface area contributed by atoms with Gasteiger partial charge in [-0.15, -0.1) is 0 Å². The van der Waals surface area contributed by atoms with Crippen molar-refractivity contribution in [2.45, 2.75) is 39.2 Å². The minimum Gasteiger partial charge on any atom is -0.481 e. The first-order valence-corrected chi connectivity index (χ1v) is 13.1. The van der Waals surface area contributed by atoms with Crippen molar-refractivity contribution in [2.24, 2.45) is 0 Å². The highest BCUT2D eigenvalue weighted by Gasteiger charge is 2.26. The van der Waals surface area contributed by atoms with Crippen molar-refractivity contribution in [3.63, 3.8) is 0 Å². The number of ether oxygens (including phenoxy) is 1. The van der Waals surface area contributed by atoms with Gasteiger partial charge < -0.3 is 19.7 Å². The number of anilines is 2. The van der Waals surface area contributed by atoms with Crippen LogP contribution in [0.2, 0.25) is 5.02 Å². The Morgan fingerprint density at radius 2 is 1.87 bits per heavy atom. The number of carboxylic acids is 1. The number of benzene rings is 3. The quantitative estimate of drug-likeness (QED) is 0.224. The molecule has 0 aliphatic carbocycles. The predicted molar refractivity (Wildman–Crippen MR) is 150 cm³/mol. The highest BCUT2D eigenvalue weighted by molar-refractivity contribution is 6.31. The molecule has 4 aromatic rings. The van der Waals surface area contributed by atoms with Gasteiger partial charge in [0, 0.05) is 28.4 Å². The zero-order valence-corrected chi connectivity index (χ0v) is 22.3. The van der Waals surface area contributed by atoms with Gasteiger partial charge in [-0.2, -0.15) is 0 Å². The summed E-state index contributed by atoms with van der Waals surface area (Å²) >= 11 is 6.26. The Labute approximate surface area is 230 Å².